The molecule has 2 heterocycles. The van der Waals surface area contributed by atoms with E-state index in [4.69, 9.17) is 9.47 Å². The Kier molecular flexibility index (Phi) is 6.79. The van der Waals surface area contributed by atoms with Gasteiger partial charge in [0.05, 0.1) is 20.3 Å². The molecule has 2 saturated heterocycles. The molecule has 1 aromatic rings. The lowest BCUT2D eigenvalue weighted by atomic mass is 9.98. The number of aliphatic carboxylic acids is 1. The number of benzene rings is 1. The van der Waals surface area contributed by atoms with Crippen molar-refractivity contribution in [3.05, 3.63) is 28.8 Å². The highest BCUT2D eigenvalue weighted by Crippen LogP contribution is 2.31. The molecule has 1 N–H and O–H groups in total. The van der Waals surface area contributed by atoms with Crippen LogP contribution in [0.25, 0.3) is 0 Å². The predicted molar refractivity (Wildman–Crippen MR) is 107 cm³/mol. The van der Waals surface area contributed by atoms with Crippen LogP contribution in [0.3, 0.4) is 0 Å². The van der Waals surface area contributed by atoms with Crippen molar-refractivity contribution in [1.29, 1.82) is 0 Å². The van der Waals surface area contributed by atoms with Gasteiger partial charge in [-0.05, 0) is 30.5 Å². The maximum Gasteiger partial charge on any atom is 0.325 e. The van der Waals surface area contributed by atoms with E-state index in [0.717, 1.165) is 16.9 Å². The van der Waals surface area contributed by atoms with Crippen molar-refractivity contribution in [2.75, 3.05) is 59.6 Å². The molecule has 2 aliphatic heterocycles. The van der Waals surface area contributed by atoms with Crippen LogP contribution in [0.2, 0.25) is 0 Å². The van der Waals surface area contributed by atoms with Crippen molar-refractivity contribution in [1.82, 2.24) is 13.5 Å². The van der Waals surface area contributed by atoms with E-state index in [0.29, 0.717) is 45.0 Å². The lowest BCUT2D eigenvalue weighted by molar-refractivity contribution is -0.144. The van der Waals surface area contributed by atoms with E-state index in [1.54, 1.807) is 7.11 Å². The number of nitrogens with zero attached hydrogens (tertiary/aromatic N) is 3. The Morgan fingerprint density at radius 1 is 1.03 bits per heavy atom. The molecule has 3 rings (SSSR count). The van der Waals surface area contributed by atoms with Crippen molar-refractivity contribution in [3.8, 4) is 5.75 Å². The summed E-state index contributed by atoms with van der Waals surface area (Å²) in [5.74, 6) is -0.197. The van der Waals surface area contributed by atoms with Crippen molar-refractivity contribution in [3.63, 3.8) is 0 Å². The number of hydrogen-bond donors (Lipinski definition) is 1. The van der Waals surface area contributed by atoms with E-state index in [2.05, 4.69) is 0 Å². The third-order valence-electron chi connectivity index (χ3n) is 5.50. The van der Waals surface area contributed by atoms with Gasteiger partial charge in [0.15, 0.2) is 0 Å². The molecule has 29 heavy (non-hydrogen) atoms. The molecule has 1 atom stereocenters. The summed E-state index contributed by atoms with van der Waals surface area (Å²) in [7, 11) is -1.95. The Labute approximate surface area is 172 Å². The first-order valence-corrected chi connectivity index (χ1v) is 11.1. The SMILES string of the molecule is COc1c(C)cc(C(C(=O)O)N2CCN(S(=O)(=O)N3CCOCC3)CC2)cc1C. The number of morpholine rings is 1. The van der Waals surface area contributed by atoms with Gasteiger partial charge in [0.1, 0.15) is 11.8 Å². The maximum atomic E-state index is 12.8. The van der Waals surface area contributed by atoms with E-state index in [9.17, 15) is 18.3 Å². The lowest BCUT2D eigenvalue weighted by Gasteiger charge is -2.39. The number of methoxy groups -OCH3 is 1. The van der Waals surface area contributed by atoms with E-state index in [1.165, 1.54) is 8.61 Å². The van der Waals surface area contributed by atoms with Crippen LogP contribution in [0.4, 0.5) is 0 Å². The summed E-state index contributed by atoms with van der Waals surface area (Å²) in [6, 6.07) is 2.84. The first-order valence-electron chi connectivity index (χ1n) is 9.70. The molecule has 0 spiro atoms. The quantitative estimate of drug-likeness (QED) is 0.711. The van der Waals surface area contributed by atoms with Crippen molar-refractivity contribution in [2.24, 2.45) is 0 Å². The lowest BCUT2D eigenvalue weighted by Crippen LogP contribution is -2.55. The van der Waals surface area contributed by atoms with E-state index in [-0.39, 0.29) is 13.1 Å². The van der Waals surface area contributed by atoms with Crippen molar-refractivity contribution in [2.45, 2.75) is 19.9 Å². The first kappa shape index (κ1) is 22.0. The van der Waals surface area contributed by atoms with Crippen LogP contribution in [0.15, 0.2) is 12.1 Å². The topological polar surface area (TPSA) is 99.6 Å². The van der Waals surface area contributed by atoms with Gasteiger partial charge >= 0.3 is 5.97 Å². The third kappa shape index (κ3) is 4.56. The standard InChI is InChI=1S/C19H29N3O6S/c1-14-12-16(13-15(2)18(14)27-3)17(19(23)24)20-4-6-21(7-5-20)29(25,26)22-8-10-28-11-9-22/h12-13,17H,4-11H2,1-3H3,(H,23,24). The average Bonchev–Trinajstić information content (AvgIpc) is 2.69. The molecule has 0 radical (unpaired) electrons. The van der Waals surface area contributed by atoms with Gasteiger partial charge in [-0.15, -0.1) is 0 Å². The summed E-state index contributed by atoms with van der Waals surface area (Å²) < 4.78 is 39.2. The molecule has 2 aliphatic rings. The highest BCUT2D eigenvalue weighted by atomic mass is 32.2. The highest BCUT2D eigenvalue weighted by Gasteiger charge is 2.37. The van der Waals surface area contributed by atoms with Crippen LogP contribution in [0.1, 0.15) is 22.7 Å². The van der Waals surface area contributed by atoms with Crippen LogP contribution >= 0.6 is 0 Å². The second-order valence-electron chi connectivity index (χ2n) is 7.38. The van der Waals surface area contributed by atoms with Crippen LogP contribution in [-0.4, -0.2) is 92.6 Å². The summed E-state index contributed by atoms with van der Waals surface area (Å²) in [6.07, 6.45) is 0. The molecule has 1 aromatic carbocycles. The molecular formula is C19H29N3O6S. The molecule has 162 valence electrons. The fourth-order valence-corrected chi connectivity index (χ4v) is 5.67. The van der Waals surface area contributed by atoms with Gasteiger partial charge in [-0.25, -0.2) is 0 Å². The molecule has 10 heteroatoms. The molecule has 9 nitrogen and oxygen atoms in total. The third-order valence-corrected chi connectivity index (χ3v) is 7.53. The molecule has 0 aromatic heterocycles. The number of hydrogen-bond acceptors (Lipinski definition) is 6. The zero-order chi connectivity index (χ0) is 21.2. The van der Waals surface area contributed by atoms with Crippen LogP contribution in [0, 0.1) is 13.8 Å². The second kappa shape index (κ2) is 8.97. The molecule has 2 fully saturated rings. The van der Waals surface area contributed by atoms with Gasteiger partial charge in [-0.1, -0.05) is 12.1 Å². The zero-order valence-corrected chi connectivity index (χ0v) is 17.9. The predicted octanol–water partition coefficient (Wildman–Crippen LogP) is 0.632. The zero-order valence-electron chi connectivity index (χ0n) is 17.1. The number of carboxylic acids is 1. The van der Waals surface area contributed by atoms with Crippen LogP contribution < -0.4 is 4.74 Å². The number of aryl methyl sites for hydroxylation is 2. The van der Waals surface area contributed by atoms with Gasteiger partial charge < -0.3 is 14.6 Å². The minimum atomic E-state index is -3.55. The Morgan fingerprint density at radius 2 is 1.55 bits per heavy atom. The fourth-order valence-electron chi connectivity index (χ4n) is 4.11. The smallest absolute Gasteiger partial charge is 0.325 e. The van der Waals surface area contributed by atoms with Crippen LogP contribution in [-0.2, 0) is 19.7 Å². The van der Waals surface area contributed by atoms with Gasteiger partial charge in [-0.3, -0.25) is 9.69 Å². The van der Waals surface area contributed by atoms with Gasteiger partial charge in [0.2, 0.25) is 0 Å². The van der Waals surface area contributed by atoms with Crippen LogP contribution in [0.5, 0.6) is 5.75 Å². The number of piperazine rings is 1. The minimum absolute atomic E-state index is 0.261. The van der Waals surface area contributed by atoms with Gasteiger partial charge in [-0.2, -0.15) is 17.0 Å². The summed E-state index contributed by atoms with van der Waals surface area (Å²) in [5.41, 5.74) is 2.43. The number of carboxylic acid groups (broad SMARTS) is 1. The van der Waals surface area contributed by atoms with Crippen molar-refractivity contribution >= 4 is 16.2 Å². The molecular weight excluding hydrogens is 398 g/mol. The fraction of sp³-hybridized carbons (Fsp3) is 0.632. The summed E-state index contributed by atoms with van der Waals surface area (Å²) >= 11 is 0. The Hall–Kier alpha value is -1.72. The monoisotopic (exact) mass is 427 g/mol. The molecule has 0 saturated carbocycles. The molecule has 0 bridgehead atoms. The Morgan fingerprint density at radius 3 is 2.03 bits per heavy atom. The van der Waals surface area contributed by atoms with Gasteiger partial charge in [0, 0.05) is 39.3 Å². The second-order valence-corrected chi connectivity index (χ2v) is 9.31. The number of ether oxygens (including phenoxy) is 2. The summed E-state index contributed by atoms with van der Waals surface area (Å²) in [4.78, 5) is 13.9. The Balaban J connectivity index is 1.75. The first-order chi connectivity index (χ1) is 13.8. The summed E-state index contributed by atoms with van der Waals surface area (Å²) in [5, 5.41) is 9.89. The number of rotatable bonds is 6. The van der Waals surface area contributed by atoms with E-state index < -0.39 is 22.2 Å². The average molecular weight is 428 g/mol. The maximum absolute atomic E-state index is 12.8. The molecule has 0 amide bonds. The van der Waals surface area contributed by atoms with E-state index >= 15 is 0 Å². The summed E-state index contributed by atoms with van der Waals surface area (Å²) in [6.45, 7) is 6.51. The highest BCUT2D eigenvalue weighted by molar-refractivity contribution is 7.86. The number of carbonyl (C=O) groups is 1. The normalized spacial score (nSPS) is 21.1. The molecule has 0 aliphatic carbocycles. The van der Waals surface area contributed by atoms with Gasteiger partial charge in [0.25, 0.3) is 10.2 Å². The van der Waals surface area contributed by atoms with E-state index in [1.807, 2.05) is 30.9 Å². The minimum Gasteiger partial charge on any atom is -0.496 e. The Bertz CT molecular complexity index is 822. The van der Waals surface area contributed by atoms with Crippen molar-refractivity contribution < 1.29 is 27.8 Å². The largest absolute Gasteiger partial charge is 0.496 e. The molecule has 1 unspecified atom stereocenters.